The molecule has 3 heteroatoms. The van der Waals surface area contributed by atoms with Crippen LogP contribution in [0.15, 0.2) is 66.7 Å². The average Bonchev–Trinajstić information content (AvgIpc) is 2.73. The maximum absolute atomic E-state index is 14.2. The van der Waals surface area contributed by atoms with Gasteiger partial charge in [-0.1, -0.05) is 73.7 Å². The molecule has 0 aliphatic rings. The van der Waals surface area contributed by atoms with Crippen molar-refractivity contribution in [2.75, 3.05) is 6.61 Å². The van der Waals surface area contributed by atoms with Crippen molar-refractivity contribution in [1.82, 2.24) is 0 Å². The number of hydrogen-bond donors (Lipinski definition) is 0. The highest BCUT2D eigenvalue weighted by molar-refractivity contribution is 5.70. The van der Waals surface area contributed by atoms with Crippen molar-refractivity contribution >= 4 is 12.2 Å². The third-order valence-corrected chi connectivity index (χ3v) is 4.72. The number of benzene rings is 3. The van der Waals surface area contributed by atoms with E-state index in [0.29, 0.717) is 12.5 Å². The van der Waals surface area contributed by atoms with Crippen LogP contribution >= 0.6 is 0 Å². The lowest BCUT2D eigenvalue weighted by atomic mass is 9.93. The Morgan fingerprint density at radius 1 is 0.857 bits per heavy atom. The molecule has 28 heavy (non-hydrogen) atoms. The number of hydrogen-bond acceptors (Lipinski definition) is 1. The molecular formula is C25H24F2O. The first-order valence-electron chi connectivity index (χ1n) is 9.51. The molecule has 0 fully saturated rings. The molecule has 0 aliphatic carbocycles. The second-order valence-electron chi connectivity index (χ2n) is 6.80. The Morgan fingerprint density at radius 2 is 1.57 bits per heavy atom. The van der Waals surface area contributed by atoms with Gasteiger partial charge in [-0.2, -0.15) is 4.39 Å². The normalized spacial score (nSPS) is 12.3. The van der Waals surface area contributed by atoms with Crippen molar-refractivity contribution in [3.8, 4) is 5.75 Å². The standard InChI is InChI=1S/C25H24F2O/c1-3-28-23-16-15-22(24(26)25(23)27)14-13-19-9-11-20(12-10-19)17-18(2)21-7-5-4-6-8-21/h4-16,18H,3,17H2,1-2H3/b14-13+. The van der Waals surface area contributed by atoms with Gasteiger partial charge in [0.05, 0.1) is 6.61 Å². The van der Waals surface area contributed by atoms with E-state index in [9.17, 15) is 8.78 Å². The average molecular weight is 378 g/mol. The highest BCUT2D eigenvalue weighted by atomic mass is 19.2. The molecule has 1 nitrogen and oxygen atoms in total. The molecule has 1 atom stereocenters. The number of halogens is 2. The Morgan fingerprint density at radius 3 is 2.25 bits per heavy atom. The van der Waals surface area contributed by atoms with Gasteiger partial charge in [0.2, 0.25) is 5.82 Å². The van der Waals surface area contributed by atoms with Gasteiger partial charge in [-0.05, 0) is 48.1 Å². The van der Waals surface area contributed by atoms with Crippen LogP contribution in [0.4, 0.5) is 8.78 Å². The minimum absolute atomic E-state index is 0.0611. The van der Waals surface area contributed by atoms with Crippen molar-refractivity contribution < 1.29 is 13.5 Å². The lowest BCUT2D eigenvalue weighted by Gasteiger charge is -2.12. The van der Waals surface area contributed by atoms with Crippen LogP contribution in [0.5, 0.6) is 5.75 Å². The fourth-order valence-corrected chi connectivity index (χ4v) is 3.15. The van der Waals surface area contributed by atoms with Crippen molar-refractivity contribution in [2.24, 2.45) is 0 Å². The van der Waals surface area contributed by atoms with E-state index in [1.54, 1.807) is 19.1 Å². The van der Waals surface area contributed by atoms with Crippen LogP contribution in [-0.4, -0.2) is 6.61 Å². The van der Waals surface area contributed by atoms with Gasteiger partial charge in [-0.3, -0.25) is 0 Å². The zero-order chi connectivity index (χ0) is 19.9. The molecule has 0 bridgehead atoms. The summed E-state index contributed by atoms with van der Waals surface area (Å²) in [6.07, 6.45) is 4.31. The van der Waals surface area contributed by atoms with Gasteiger partial charge in [-0.25, -0.2) is 4.39 Å². The molecule has 144 valence electrons. The third-order valence-electron chi connectivity index (χ3n) is 4.72. The summed E-state index contributed by atoms with van der Waals surface area (Å²) in [7, 11) is 0. The van der Waals surface area contributed by atoms with E-state index in [-0.39, 0.29) is 11.3 Å². The first-order valence-corrected chi connectivity index (χ1v) is 9.51. The Bertz CT molecular complexity index is 931. The second kappa shape index (κ2) is 9.32. The molecule has 0 spiro atoms. The third kappa shape index (κ3) is 4.86. The predicted octanol–water partition coefficient (Wildman–Crippen LogP) is 6.88. The van der Waals surface area contributed by atoms with Gasteiger partial charge in [0.25, 0.3) is 0 Å². The van der Waals surface area contributed by atoms with Gasteiger partial charge >= 0.3 is 0 Å². The van der Waals surface area contributed by atoms with Crippen LogP contribution < -0.4 is 4.74 Å². The van der Waals surface area contributed by atoms with Crippen molar-refractivity contribution in [3.63, 3.8) is 0 Å². The highest BCUT2D eigenvalue weighted by Gasteiger charge is 2.12. The van der Waals surface area contributed by atoms with Gasteiger partial charge in [0.1, 0.15) is 0 Å². The molecule has 1 unspecified atom stereocenters. The van der Waals surface area contributed by atoms with Crippen LogP contribution in [0.1, 0.15) is 42.0 Å². The van der Waals surface area contributed by atoms with E-state index < -0.39 is 11.6 Å². The summed E-state index contributed by atoms with van der Waals surface area (Å²) in [6, 6.07) is 21.5. The molecule has 0 saturated carbocycles. The van der Waals surface area contributed by atoms with Crippen molar-refractivity contribution in [1.29, 1.82) is 0 Å². The molecule has 0 radical (unpaired) electrons. The van der Waals surface area contributed by atoms with Crippen LogP contribution in [0.3, 0.4) is 0 Å². The second-order valence-corrected chi connectivity index (χ2v) is 6.80. The molecular weight excluding hydrogens is 354 g/mol. The maximum Gasteiger partial charge on any atom is 0.201 e. The van der Waals surface area contributed by atoms with Gasteiger partial charge in [0, 0.05) is 5.56 Å². The lowest BCUT2D eigenvalue weighted by Crippen LogP contribution is -1.98. The summed E-state index contributed by atoms with van der Waals surface area (Å²) in [5.41, 5.74) is 3.69. The zero-order valence-electron chi connectivity index (χ0n) is 16.2. The van der Waals surface area contributed by atoms with Crippen LogP contribution in [-0.2, 0) is 6.42 Å². The maximum atomic E-state index is 14.2. The Hall–Kier alpha value is -2.94. The summed E-state index contributed by atoms with van der Waals surface area (Å²) in [4.78, 5) is 0. The van der Waals surface area contributed by atoms with Crippen LogP contribution in [0.2, 0.25) is 0 Å². The zero-order valence-corrected chi connectivity index (χ0v) is 16.2. The molecule has 3 aromatic rings. The Balaban J connectivity index is 1.68. The number of ether oxygens (including phenoxy) is 1. The fraction of sp³-hybridized carbons (Fsp3) is 0.200. The summed E-state index contributed by atoms with van der Waals surface area (Å²) < 4.78 is 33.2. The molecule has 0 amide bonds. The van der Waals surface area contributed by atoms with E-state index >= 15 is 0 Å². The fourth-order valence-electron chi connectivity index (χ4n) is 3.15. The topological polar surface area (TPSA) is 9.23 Å². The first kappa shape index (κ1) is 19.8. The van der Waals surface area contributed by atoms with Gasteiger partial charge < -0.3 is 4.74 Å². The molecule has 0 aliphatic heterocycles. The summed E-state index contributed by atoms with van der Waals surface area (Å²) in [6.45, 7) is 4.24. The summed E-state index contributed by atoms with van der Waals surface area (Å²) in [5.74, 6) is -1.47. The largest absolute Gasteiger partial charge is 0.491 e. The molecule has 3 rings (SSSR count). The van der Waals surface area contributed by atoms with Gasteiger partial charge in [0.15, 0.2) is 11.6 Å². The van der Waals surface area contributed by atoms with Crippen LogP contribution in [0, 0.1) is 11.6 Å². The van der Waals surface area contributed by atoms with Gasteiger partial charge in [-0.15, -0.1) is 0 Å². The van der Waals surface area contributed by atoms with E-state index in [2.05, 4.69) is 43.3 Å². The van der Waals surface area contributed by atoms with E-state index in [1.165, 1.54) is 23.3 Å². The van der Waals surface area contributed by atoms with Crippen molar-refractivity contribution in [3.05, 3.63) is 101 Å². The minimum Gasteiger partial charge on any atom is -0.491 e. The molecule has 0 N–H and O–H groups in total. The quantitative estimate of drug-likeness (QED) is 0.407. The summed E-state index contributed by atoms with van der Waals surface area (Å²) in [5, 5.41) is 0. The Kier molecular flexibility index (Phi) is 6.59. The lowest BCUT2D eigenvalue weighted by molar-refractivity contribution is 0.314. The molecule has 0 saturated heterocycles. The van der Waals surface area contributed by atoms with E-state index in [4.69, 9.17) is 4.74 Å². The Labute approximate surface area is 165 Å². The minimum atomic E-state index is -0.950. The van der Waals surface area contributed by atoms with E-state index in [1.807, 2.05) is 18.2 Å². The monoisotopic (exact) mass is 378 g/mol. The summed E-state index contributed by atoms with van der Waals surface area (Å²) >= 11 is 0. The van der Waals surface area contributed by atoms with Crippen LogP contribution in [0.25, 0.3) is 12.2 Å². The SMILES string of the molecule is CCOc1ccc(/C=C/c2ccc(CC(C)c3ccccc3)cc2)c(F)c1F. The highest BCUT2D eigenvalue weighted by Crippen LogP contribution is 2.25. The molecule has 0 aromatic heterocycles. The number of rotatable bonds is 7. The van der Waals surface area contributed by atoms with Crippen molar-refractivity contribution in [2.45, 2.75) is 26.2 Å². The smallest absolute Gasteiger partial charge is 0.201 e. The first-order chi connectivity index (χ1) is 13.6. The predicted molar refractivity (Wildman–Crippen MR) is 111 cm³/mol. The molecule has 0 heterocycles. The van der Waals surface area contributed by atoms with E-state index in [0.717, 1.165) is 12.0 Å². The molecule has 3 aromatic carbocycles.